The number of hydrogen-bond donors (Lipinski definition) is 0. The number of benzene rings is 1. The Morgan fingerprint density at radius 3 is 2.80 bits per heavy atom. The van der Waals surface area contributed by atoms with Crippen LogP contribution in [0.25, 0.3) is 0 Å². The van der Waals surface area contributed by atoms with Crippen molar-refractivity contribution in [3.05, 3.63) is 35.4 Å². The van der Waals surface area contributed by atoms with Gasteiger partial charge in [-0.2, -0.15) is 0 Å². The van der Waals surface area contributed by atoms with Crippen molar-refractivity contribution in [1.29, 1.82) is 0 Å². The molecule has 0 aliphatic heterocycles. The molecule has 1 aliphatic carbocycles. The average Bonchev–Trinajstić information content (AvgIpc) is 2.33. The van der Waals surface area contributed by atoms with E-state index in [0.29, 0.717) is 0 Å². The minimum atomic E-state index is 0. The summed E-state index contributed by atoms with van der Waals surface area (Å²) < 4.78 is 0. The summed E-state index contributed by atoms with van der Waals surface area (Å²) >= 11 is 0. The van der Waals surface area contributed by atoms with Gasteiger partial charge in [-0.25, -0.2) is 0 Å². The molecule has 47 valence electrons. The first-order chi connectivity index (χ1) is 4.47. The Kier molecular flexibility index (Phi) is 2.62. The summed E-state index contributed by atoms with van der Waals surface area (Å²) in [6.07, 6.45) is 3.89. The van der Waals surface area contributed by atoms with Gasteiger partial charge in [-0.15, -0.1) is 0 Å². The van der Waals surface area contributed by atoms with Gasteiger partial charge >= 0.3 is 0 Å². The monoisotopic (exact) mass is 181 g/mol. The molecule has 0 saturated heterocycles. The molecule has 1 heteroatoms. The molecule has 0 nitrogen and oxygen atoms in total. The maximum atomic E-state index is 3.09. The Bertz CT molecular complexity index is 195. The van der Waals surface area contributed by atoms with Gasteiger partial charge in [0.15, 0.2) is 0 Å². The Hall–Kier alpha value is -0.157. The molecule has 2 rings (SSSR count). The molecule has 1 aliphatic rings. The van der Waals surface area contributed by atoms with Gasteiger partial charge in [-0.3, -0.25) is 0 Å². The van der Waals surface area contributed by atoms with E-state index in [1.54, 1.807) is 0 Å². The predicted molar refractivity (Wildman–Crippen MR) is 37.3 cm³/mol. The van der Waals surface area contributed by atoms with E-state index in [9.17, 15) is 0 Å². The molecule has 0 heterocycles. The molecule has 0 aromatic heterocycles. The van der Waals surface area contributed by atoms with Crippen LogP contribution in [0.1, 0.15) is 17.5 Å². The number of aryl methyl sites for hydroxylation is 2. The minimum Gasteiger partial charge on any atom is -0.0582 e. The van der Waals surface area contributed by atoms with Crippen LogP contribution in [0.4, 0.5) is 0 Å². The van der Waals surface area contributed by atoms with Gasteiger partial charge in [0.05, 0.1) is 0 Å². The number of hydrogen-bond acceptors (Lipinski definition) is 0. The second kappa shape index (κ2) is 3.30. The topological polar surface area (TPSA) is 0 Å². The SMILES string of the molecule is [Zn].[c]1ccc2c(c1)CCC2. The summed E-state index contributed by atoms with van der Waals surface area (Å²) in [5.41, 5.74) is 3.05. The van der Waals surface area contributed by atoms with Gasteiger partial charge < -0.3 is 0 Å². The van der Waals surface area contributed by atoms with Gasteiger partial charge in [-0.1, -0.05) is 18.2 Å². The molecule has 0 atom stereocenters. The Morgan fingerprint density at radius 2 is 2.00 bits per heavy atom. The van der Waals surface area contributed by atoms with Gasteiger partial charge in [0, 0.05) is 19.5 Å². The normalized spacial score (nSPS) is 14.0. The fraction of sp³-hybridized carbons (Fsp3) is 0.333. The Balaban J connectivity index is 0.000000500. The van der Waals surface area contributed by atoms with Gasteiger partial charge in [0.25, 0.3) is 0 Å². The van der Waals surface area contributed by atoms with Crippen LogP contribution in [0.15, 0.2) is 18.2 Å². The zero-order valence-corrected chi connectivity index (χ0v) is 9.03. The van der Waals surface area contributed by atoms with E-state index >= 15 is 0 Å². The molecule has 1 aromatic carbocycles. The predicted octanol–water partition coefficient (Wildman–Crippen LogP) is 1.97. The number of rotatable bonds is 0. The van der Waals surface area contributed by atoms with Crippen LogP contribution in [0, 0.1) is 6.07 Å². The summed E-state index contributed by atoms with van der Waals surface area (Å²) in [7, 11) is 0. The molecule has 10 heavy (non-hydrogen) atoms. The van der Waals surface area contributed by atoms with Gasteiger partial charge in [0.2, 0.25) is 0 Å². The van der Waals surface area contributed by atoms with E-state index < -0.39 is 0 Å². The fourth-order valence-electron chi connectivity index (χ4n) is 1.44. The summed E-state index contributed by atoms with van der Waals surface area (Å²) in [5.74, 6) is 0. The van der Waals surface area contributed by atoms with Crippen LogP contribution in [0.3, 0.4) is 0 Å². The van der Waals surface area contributed by atoms with Crippen molar-refractivity contribution in [2.75, 3.05) is 0 Å². The molecule has 1 aromatic rings. The van der Waals surface area contributed by atoms with Crippen molar-refractivity contribution < 1.29 is 19.5 Å². The third-order valence-corrected chi connectivity index (χ3v) is 1.94. The fourth-order valence-corrected chi connectivity index (χ4v) is 1.44. The Labute approximate surface area is 74.4 Å². The van der Waals surface area contributed by atoms with Crippen molar-refractivity contribution in [1.82, 2.24) is 0 Å². The zero-order chi connectivity index (χ0) is 6.10. The quantitative estimate of drug-likeness (QED) is 0.538. The van der Waals surface area contributed by atoms with Crippen LogP contribution < -0.4 is 0 Å². The van der Waals surface area contributed by atoms with Crippen molar-refractivity contribution in [3.63, 3.8) is 0 Å². The second-order valence-corrected chi connectivity index (χ2v) is 2.55. The maximum Gasteiger partial charge on any atom is 0 e. The standard InChI is InChI=1S/C9H9.Zn/c1-2-5-9-7-3-6-8(9)4-1;/h1,4-5H,3,6-7H2;. The number of fused-ring (bicyclic) bond motifs is 1. The molecule has 0 fully saturated rings. The third kappa shape index (κ3) is 1.29. The van der Waals surface area contributed by atoms with Crippen molar-refractivity contribution in [3.8, 4) is 0 Å². The Morgan fingerprint density at radius 1 is 1.20 bits per heavy atom. The maximum absolute atomic E-state index is 3.09. The first-order valence-electron chi connectivity index (χ1n) is 3.45. The van der Waals surface area contributed by atoms with Gasteiger partial charge in [0.1, 0.15) is 0 Å². The summed E-state index contributed by atoms with van der Waals surface area (Å²) in [5, 5.41) is 0. The van der Waals surface area contributed by atoms with Crippen molar-refractivity contribution in [2.24, 2.45) is 0 Å². The van der Waals surface area contributed by atoms with E-state index in [-0.39, 0.29) is 19.5 Å². The molecular formula is C9H9Zn. The van der Waals surface area contributed by atoms with Crippen LogP contribution in [-0.2, 0) is 32.3 Å². The van der Waals surface area contributed by atoms with E-state index in [1.807, 2.05) is 6.07 Å². The smallest absolute Gasteiger partial charge is 0 e. The second-order valence-electron chi connectivity index (χ2n) is 2.55. The molecule has 0 bridgehead atoms. The molecule has 1 radical (unpaired) electrons. The summed E-state index contributed by atoms with van der Waals surface area (Å²) in [6.45, 7) is 0. The van der Waals surface area contributed by atoms with Crippen LogP contribution in [-0.4, -0.2) is 0 Å². The average molecular weight is 183 g/mol. The molecule has 0 unspecified atom stereocenters. The molecule has 0 N–H and O–H groups in total. The first-order valence-corrected chi connectivity index (χ1v) is 3.45. The van der Waals surface area contributed by atoms with E-state index in [0.717, 1.165) is 0 Å². The third-order valence-electron chi connectivity index (χ3n) is 1.94. The van der Waals surface area contributed by atoms with Crippen LogP contribution >= 0.6 is 0 Å². The molecule has 0 saturated carbocycles. The minimum absolute atomic E-state index is 0. The van der Waals surface area contributed by atoms with Crippen LogP contribution in [0.2, 0.25) is 0 Å². The van der Waals surface area contributed by atoms with Crippen molar-refractivity contribution >= 4 is 0 Å². The summed E-state index contributed by atoms with van der Waals surface area (Å²) in [6, 6.07) is 9.39. The van der Waals surface area contributed by atoms with E-state index in [4.69, 9.17) is 0 Å². The summed E-state index contributed by atoms with van der Waals surface area (Å²) in [4.78, 5) is 0. The molecule has 0 spiro atoms. The van der Waals surface area contributed by atoms with Crippen molar-refractivity contribution in [2.45, 2.75) is 19.3 Å². The zero-order valence-electron chi connectivity index (χ0n) is 6.06. The molecule has 0 amide bonds. The van der Waals surface area contributed by atoms with E-state index in [1.165, 1.54) is 30.4 Å². The molecular weight excluding hydrogens is 173 g/mol. The largest absolute Gasteiger partial charge is 0.0582 e. The first kappa shape index (κ1) is 7.94. The van der Waals surface area contributed by atoms with Crippen LogP contribution in [0.5, 0.6) is 0 Å². The van der Waals surface area contributed by atoms with Gasteiger partial charge in [-0.05, 0) is 36.5 Å². The van der Waals surface area contributed by atoms with E-state index in [2.05, 4.69) is 18.2 Å².